The number of nitrogens with one attached hydrogen (secondary N) is 3. The van der Waals surface area contributed by atoms with Crippen molar-refractivity contribution in [3.05, 3.63) is 29.8 Å². The molecule has 0 bridgehead atoms. The molecular formula is C15H26N4O2S. The summed E-state index contributed by atoms with van der Waals surface area (Å²) in [6.07, 6.45) is 2.23. The summed E-state index contributed by atoms with van der Waals surface area (Å²) in [4.78, 5) is 4.76. The topological polar surface area (TPSA) is 82.6 Å². The van der Waals surface area contributed by atoms with E-state index in [1.165, 1.54) is 7.05 Å². The van der Waals surface area contributed by atoms with Gasteiger partial charge in [-0.3, -0.25) is 0 Å². The van der Waals surface area contributed by atoms with Gasteiger partial charge in [-0.2, -0.15) is 0 Å². The standard InChI is InChI=1S/C15H26N4O2S/c1-4-6-11-18-15(17-5-2)19-12-13-7-9-14(10-8-13)22(20,21)16-3/h7-10,16H,4-6,11-12H2,1-3H3,(H2,17,18,19). The van der Waals surface area contributed by atoms with E-state index in [0.717, 1.165) is 37.5 Å². The predicted octanol–water partition coefficient (Wildman–Crippen LogP) is 1.45. The molecule has 0 aromatic heterocycles. The third-order valence-corrected chi connectivity index (χ3v) is 4.52. The monoisotopic (exact) mass is 326 g/mol. The minimum absolute atomic E-state index is 0.260. The van der Waals surface area contributed by atoms with E-state index in [2.05, 4.69) is 27.3 Å². The minimum atomic E-state index is -3.38. The van der Waals surface area contributed by atoms with E-state index in [1.54, 1.807) is 24.3 Å². The molecule has 0 aliphatic carbocycles. The molecular weight excluding hydrogens is 300 g/mol. The molecule has 0 unspecified atom stereocenters. The lowest BCUT2D eigenvalue weighted by Gasteiger charge is -2.10. The second kappa shape index (κ2) is 9.42. The zero-order valence-corrected chi connectivity index (χ0v) is 14.3. The number of benzene rings is 1. The second-order valence-corrected chi connectivity index (χ2v) is 6.71. The molecule has 22 heavy (non-hydrogen) atoms. The van der Waals surface area contributed by atoms with Gasteiger partial charge in [0.25, 0.3) is 0 Å². The summed E-state index contributed by atoms with van der Waals surface area (Å²) in [5.74, 6) is 0.780. The van der Waals surface area contributed by atoms with Crippen LogP contribution in [0.3, 0.4) is 0 Å². The third kappa shape index (κ3) is 6.03. The lowest BCUT2D eigenvalue weighted by Crippen LogP contribution is -2.37. The molecule has 0 saturated carbocycles. The molecule has 6 nitrogen and oxygen atoms in total. The molecule has 0 aliphatic rings. The fourth-order valence-electron chi connectivity index (χ4n) is 1.79. The summed E-state index contributed by atoms with van der Waals surface area (Å²) >= 11 is 0. The smallest absolute Gasteiger partial charge is 0.240 e. The fourth-order valence-corrected chi connectivity index (χ4v) is 2.52. The van der Waals surface area contributed by atoms with Crippen LogP contribution >= 0.6 is 0 Å². The van der Waals surface area contributed by atoms with E-state index in [0.29, 0.717) is 6.54 Å². The molecule has 124 valence electrons. The lowest BCUT2D eigenvalue weighted by atomic mass is 10.2. The Hall–Kier alpha value is -1.60. The summed E-state index contributed by atoms with van der Waals surface area (Å²) < 4.78 is 25.6. The van der Waals surface area contributed by atoms with Crippen molar-refractivity contribution < 1.29 is 8.42 Å². The lowest BCUT2D eigenvalue weighted by molar-refractivity contribution is 0.588. The highest BCUT2D eigenvalue weighted by Gasteiger charge is 2.10. The molecule has 1 aromatic carbocycles. The van der Waals surface area contributed by atoms with Crippen molar-refractivity contribution in [2.75, 3.05) is 20.1 Å². The zero-order chi connectivity index (χ0) is 16.4. The van der Waals surface area contributed by atoms with Crippen LogP contribution in [0.15, 0.2) is 34.2 Å². The molecule has 0 atom stereocenters. The van der Waals surface area contributed by atoms with E-state index in [4.69, 9.17) is 0 Å². The second-order valence-electron chi connectivity index (χ2n) is 4.83. The highest BCUT2D eigenvalue weighted by atomic mass is 32.2. The molecule has 0 heterocycles. The molecule has 0 aliphatic heterocycles. The van der Waals surface area contributed by atoms with Crippen LogP contribution in [-0.2, 0) is 16.6 Å². The van der Waals surface area contributed by atoms with E-state index >= 15 is 0 Å². The van der Waals surface area contributed by atoms with Crippen LogP contribution in [0.25, 0.3) is 0 Å². The summed E-state index contributed by atoms with van der Waals surface area (Å²) in [6, 6.07) is 6.74. The Morgan fingerprint density at radius 1 is 1.14 bits per heavy atom. The minimum Gasteiger partial charge on any atom is -0.357 e. The van der Waals surface area contributed by atoms with Gasteiger partial charge in [0.2, 0.25) is 10.0 Å². The van der Waals surface area contributed by atoms with E-state index < -0.39 is 10.0 Å². The Labute approximate surface area is 133 Å². The summed E-state index contributed by atoms with van der Waals surface area (Å²) in [7, 11) is -1.98. The number of aliphatic imine (C=N–C) groups is 1. The van der Waals surface area contributed by atoms with Gasteiger partial charge in [0, 0.05) is 13.1 Å². The number of unbranched alkanes of at least 4 members (excludes halogenated alkanes) is 1. The number of nitrogens with zero attached hydrogens (tertiary/aromatic N) is 1. The highest BCUT2D eigenvalue weighted by molar-refractivity contribution is 7.89. The van der Waals surface area contributed by atoms with Gasteiger partial charge in [-0.1, -0.05) is 25.5 Å². The first kappa shape index (κ1) is 18.4. The third-order valence-electron chi connectivity index (χ3n) is 3.09. The molecule has 0 spiro atoms. The van der Waals surface area contributed by atoms with E-state index in [1.807, 2.05) is 6.92 Å². The first-order chi connectivity index (χ1) is 10.5. The van der Waals surface area contributed by atoms with Crippen LogP contribution in [0.2, 0.25) is 0 Å². The van der Waals surface area contributed by atoms with Crippen molar-refractivity contribution in [3.8, 4) is 0 Å². The zero-order valence-electron chi connectivity index (χ0n) is 13.5. The van der Waals surface area contributed by atoms with Gasteiger partial charge in [-0.15, -0.1) is 0 Å². The maximum Gasteiger partial charge on any atom is 0.240 e. The summed E-state index contributed by atoms with van der Waals surface area (Å²) in [5, 5.41) is 6.46. The number of guanidine groups is 1. The van der Waals surface area contributed by atoms with Gasteiger partial charge in [0.15, 0.2) is 5.96 Å². The average Bonchev–Trinajstić information content (AvgIpc) is 2.53. The summed E-state index contributed by atoms with van der Waals surface area (Å²) in [5.41, 5.74) is 0.961. The predicted molar refractivity (Wildman–Crippen MR) is 90.4 cm³/mol. The van der Waals surface area contributed by atoms with Crippen LogP contribution in [0.4, 0.5) is 0 Å². The van der Waals surface area contributed by atoms with Crippen LogP contribution in [-0.4, -0.2) is 34.5 Å². The SMILES string of the molecule is CCCCNC(=NCc1ccc(S(=O)(=O)NC)cc1)NCC. The number of sulfonamides is 1. The number of hydrogen-bond donors (Lipinski definition) is 3. The van der Waals surface area contributed by atoms with Gasteiger partial charge < -0.3 is 10.6 Å². The Morgan fingerprint density at radius 2 is 1.82 bits per heavy atom. The molecule has 7 heteroatoms. The quantitative estimate of drug-likeness (QED) is 0.384. The molecule has 0 radical (unpaired) electrons. The maximum atomic E-state index is 11.7. The van der Waals surface area contributed by atoms with Gasteiger partial charge in [-0.25, -0.2) is 18.1 Å². The van der Waals surface area contributed by atoms with Gasteiger partial charge in [0.05, 0.1) is 11.4 Å². The van der Waals surface area contributed by atoms with Gasteiger partial charge in [0.1, 0.15) is 0 Å². The van der Waals surface area contributed by atoms with Crippen molar-refractivity contribution >= 4 is 16.0 Å². The van der Waals surface area contributed by atoms with Crippen molar-refractivity contribution in [1.82, 2.24) is 15.4 Å². The van der Waals surface area contributed by atoms with Crippen LogP contribution in [0.1, 0.15) is 32.3 Å². The Balaban J connectivity index is 2.69. The normalized spacial score (nSPS) is 12.2. The molecule has 0 fully saturated rings. The number of rotatable bonds is 8. The first-order valence-corrected chi connectivity index (χ1v) is 9.06. The molecule has 1 aromatic rings. The maximum absolute atomic E-state index is 11.7. The first-order valence-electron chi connectivity index (χ1n) is 7.58. The van der Waals surface area contributed by atoms with Crippen molar-refractivity contribution in [2.24, 2.45) is 4.99 Å². The van der Waals surface area contributed by atoms with E-state index in [9.17, 15) is 8.42 Å². The Morgan fingerprint density at radius 3 is 2.36 bits per heavy atom. The van der Waals surface area contributed by atoms with Crippen LogP contribution in [0, 0.1) is 0 Å². The van der Waals surface area contributed by atoms with Crippen LogP contribution < -0.4 is 15.4 Å². The fraction of sp³-hybridized carbons (Fsp3) is 0.533. The van der Waals surface area contributed by atoms with Gasteiger partial charge in [-0.05, 0) is 38.1 Å². The van der Waals surface area contributed by atoms with Crippen molar-refractivity contribution in [2.45, 2.75) is 38.1 Å². The van der Waals surface area contributed by atoms with Crippen molar-refractivity contribution in [1.29, 1.82) is 0 Å². The molecule has 3 N–H and O–H groups in total. The van der Waals surface area contributed by atoms with Crippen LogP contribution in [0.5, 0.6) is 0 Å². The highest BCUT2D eigenvalue weighted by Crippen LogP contribution is 2.10. The number of hydrogen-bond acceptors (Lipinski definition) is 3. The van der Waals surface area contributed by atoms with Crippen molar-refractivity contribution in [3.63, 3.8) is 0 Å². The van der Waals surface area contributed by atoms with E-state index in [-0.39, 0.29) is 4.90 Å². The summed E-state index contributed by atoms with van der Waals surface area (Å²) in [6.45, 7) is 6.36. The Bertz CT molecular complexity index is 568. The average molecular weight is 326 g/mol. The Kier molecular flexibility index (Phi) is 7.90. The van der Waals surface area contributed by atoms with Gasteiger partial charge >= 0.3 is 0 Å². The molecule has 0 saturated heterocycles. The molecule has 1 rings (SSSR count). The molecule has 0 amide bonds. The largest absolute Gasteiger partial charge is 0.357 e.